The number of benzene rings is 5. The quantitative estimate of drug-likeness (QED) is 0.198. The maximum atomic E-state index is 14.4. The Balaban J connectivity index is 1.41. The molecule has 1 N–H and O–H groups in total. The lowest BCUT2D eigenvalue weighted by atomic mass is 10.1. The number of carboxylic acids is 1. The highest BCUT2D eigenvalue weighted by atomic mass is 35.5. The van der Waals surface area contributed by atoms with E-state index in [9.17, 15) is 14.7 Å². The van der Waals surface area contributed by atoms with Gasteiger partial charge in [-0.3, -0.25) is 9.69 Å². The van der Waals surface area contributed by atoms with E-state index in [4.69, 9.17) is 16.3 Å². The van der Waals surface area contributed by atoms with Crippen molar-refractivity contribution in [2.24, 2.45) is 0 Å². The van der Waals surface area contributed by atoms with E-state index < -0.39 is 5.97 Å². The molecule has 0 bridgehead atoms. The second kappa shape index (κ2) is 11.6. The number of carbonyl (C=O) groups excluding carboxylic acids is 1. The molecule has 5 aromatic carbocycles. The lowest BCUT2D eigenvalue weighted by Crippen LogP contribution is -2.25. The van der Waals surface area contributed by atoms with Crippen LogP contribution in [0.4, 0.5) is 11.4 Å². The Morgan fingerprint density at radius 2 is 1.38 bits per heavy atom. The first-order chi connectivity index (χ1) is 20.5. The smallest absolute Gasteiger partial charge is 0.337 e. The number of hydrogen-bond donors (Lipinski definition) is 1. The number of aromatic nitrogens is 1. The fourth-order valence-corrected chi connectivity index (χ4v) is 5.11. The van der Waals surface area contributed by atoms with Gasteiger partial charge >= 0.3 is 5.97 Å². The van der Waals surface area contributed by atoms with Gasteiger partial charge in [-0.05, 0) is 66.2 Å². The van der Waals surface area contributed by atoms with Crippen LogP contribution >= 0.6 is 11.6 Å². The Morgan fingerprint density at radius 1 is 0.738 bits per heavy atom. The molecular weight excluding hydrogens is 548 g/mol. The number of halogens is 1. The van der Waals surface area contributed by atoms with E-state index in [-0.39, 0.29) is 11.5 Å². The summed E-state index contributed by atoms with van der Waals surface area (Å²) in [6.07, 6.45) is 1.68. The number of ether oxygens (including phenoxy) is 1. The van der Waals surface area contributed by atoms with Crippen LogP contribution in [0.5, 0.6) is 5.75 Å². The largest absolute Gasteiger partial charge is 0.489 e. The van der Waals surface area contributed by atoms with Crippen molar-refractivity contribution in [1.29, 1.82) is 0 Å². The molecule has 6 rings (SSSR count). The van der Waals surface area contributed by atoms with Crippen molar-refractivity contribution in [1.82, 2.24) is 4.57 Å². The Bertz CT molecular complexity index is 1880. The molecular formula is C35H25ClN2O4. The number of aromatic carboxylic acids is 1. The monoisotopic (exact) mass is 572 g/mol. The summed E-state index contributed by atoms with van der Waals surface area (Å²) in [5, 5.41) is 10.9. The van der Waals surface area contributed by atoms with E-state index in [2.05, 4.69) is 0 Å². The fourth-order valence-electron chi connectivity index (χ4n) is 4.95. The lowest BCUT2D eigenvalue weighted by Gasteiger charge is -2.23. The molecule has 0 saturated heterocycles. The molecule has 6 aromatic rings. The van der Waals surface area contributed by atoms with Gasteiger partial charge in [0, 0.05) is 28.0 Å². The molecule has 0 atom stereocenters. The van der Waals surface area contributed by atoms with Crippen molar-refractivity contribution in [3.63, 3.8) is 0 Å². The minimum Gasteiger partial charge on any atom is -0.489 e. The number of carboxylic acid groups (broad SMARTS) is 1. The third-order valence-corrected chi connectivity index (χ3v) is 7.19. The molecule has 0 radical (unpaired) electrons. The summed E-state index contributed by atoms with van der Waals surface area (Å²) in [5.74, 6) is -0.678. The predicted octanol–water partition coefficient (Wildman–Crippen LogP) is 8.54. The number of carbonyl (C=O) groups is 2. The predicted molar refractivity (Wildman–Crippen MR) is 165 cm³/mol. The van der Waals surface area contributed by atoms with E-state index >= 15 is 0 Å². The van der Waals surface area contributed by atoms with Gasteiger partial charge in [-0.15, -0.1) is 0 Å². The number of anilines is 2. The van der Waals surface area contributed by atoms with Gasteiger partial charge in [-0.25, -0.2) is 4.79 Å². The van der Waals surface area contributed by atoms with Crippen LogP contribution in [-0.2, 0) is 6.61 Å². The first kappa shape index (κ1) is 26.9. The second-order valence-electron chi connectivity index (χ2n) is 9.64. The van der Waals surface area contributed by atoms with E-state index in [1.807, 2.05) is 109 Å². The molecule has 6 nitrogen and oxygen atoms in total. The van der Waals surface area contributed by atoms with Crippen molar-refractivity contribution < 1.29 is 19.4 Å². The highest BCUT2D eigenvalue weighted by molar-refractivity contribution is 6.31. The first-order valence-corrected chi connectivity index (χ1v) is 13.7. The van der Waals surface area contributed by atoms with Crippen LogP contribution < -0.4 is 9.64 Å². The Kier molecular flexibility index (Phi) is 7.45. The summed E-state index contributed by atoms with van der Waals surface area (Å²) in [4.78, 5) is 28.1. The molecule has 0 aliphatic rings. The van der Waals surface area contributed by atoms with Crippen LogP contribution in [0.1, 0.15) is 26.3 Å². The molecule has 0 aliphatic heterocycles. The third-order valence-electron chi connectivity index (χ3n) is 6.95. The molecule has 0 saturated carbocycles. The number of rotatable bonds is 8. The molecule has 206 valence electrons. The molecule has 1 aromatic heterocycles. The van der Waals surface area contributed by atoms with Crippen LogP contribution in [0.2, 0.25) is 5.02 Å². The van der Waals surface area contributed by atoms with Gasteiger partial charge in [0.2, 0.25) is 0 Å². The highest BCUT2D eigenvalue weighted by Crippen LogP contribution is 2.34. The average molecular weight is 573 g/mol. The summed E-state index contributed by atoms with van der Waals surface area (Å²) in [7, 11) is 0. The average Bonchev–Trinajstić information content (AvgIpc) is 3.41. The van der Waals surface area contributed by atoms with Crippen LogP contribution in [-0.4, -0.2) is 21.6 Å². The number of fused-ring (bicyclic) bond motifs is 1. The van der Waals surface area contributed by atoms with Gasteiger partial charge in [0.25, 0.3) is 5.91 Å². The summed E-state index contributed by atoms with van der Waals surface area (Å²) < 4.78 is 7.67. The molecule has 42 heavy (non-hydrogen) atoms. The zero-order valence-electron chi connectivity index (χ0n) is 22.4. The Morgan fingerprint density at radius 3 is 2.10 bits per heavy atom. The number of para-hydroxylation sites is 2. The maximum Gasteiger partial charge on any atom is 0.337 e. The first-order valence-electron chi connectivity index (χ1n) is 13.3. The SMILES string of the molecule is O=C(O)c1ccc(Cl)cc1-n1cc(C(=O)N(c2ccccc2)c2ccc(OCc3ccccc3)cc2)c2ccccc21. The number of amides is 1. The molecule has 0 spiro atoms. The van der Waals surface area contributed by atoms with E-state index in [0.29, 0.717) is 50.9 Å². The van der Waals surface area contributed by atoms with E-state index in [0.717, 1.165) is 5.56 Å². The van der Waals surface area contributed by atoms with Crippen LogP contribution in [0.25, 0.3) is 16.6 Å². The molecule has 0 aliphatic carbocycles. The lowest BCUT2D eigenvalue weighted by molar-refractivity contribution is 0.0696. The second-order valence-corrected chi connectivity index (χ2v) is 10.1. The van der Waals surface area contributed by atoms with Crippen molar-refractivity contribution >= 4 is 45.8 Å². The maximum absolute atomic E-state index is 14.4. The zero-order valence-corrected chi connectivity index (χ0v) is 23.1. The minimum absolute atomic E-state index is 0.0742. The standard InChI is InChI=1S/C35H25ClN2O4/c36-25-15-20-30(35(40)41)33(21-25)37-22-31(29-13-7-8-14-32(29)37)34(39)38(26-11-5-2-6-12-26)27-16-18-28(19-17-27)42-23-24-9-3-1-4-10-24/h1-22H,23H2,(H,40,41). The van der Waals surface area contributed by atoms with Gasteiger partial charge in [-0.1, -0.05) is 78.3 Å². The van der Waals surface area contributed by atoms with E-state index in [1.165, 1.54) is 12.1 Å². The van der Waals surface area contributed by atoms with Crippen LogP contribution in [0, 0.1) is 0 Å². The summed E-state index contributed by atoms with van der Waals surface area (Å²) in [6.45, 7) is 0.433. The van der Waals surface area contributed by atoms with Gasteiger partial charge in [0.05, 0.1) is 22.3 Å². The molecule has 0 unspecified atom stereocenters. The van der Waals surface area contributed by atoms with E-state index in [1.54, 1.807) is 21.7 Å². The topological polar surface area (TPSA) is 71.8 Å². The number of nitrogens with zero attached hydrogens (tertiary/aromatic N) is 2. The molecule has 0 fully saturated rings. The molecule has 1 amide bonds. The molecule has 1 heterocycles. The van der Waals surface area contributed by atoms with Crippen molar-refractivity contribution in [3.05, 3.63) is 155 Å². The van der Waals surface area contributed by atoms with Crippen LogP contribution in [0.15, 0.2) is 134 Å². The highest BCUT2D eigenvalue weighted by Gasteiger charge is 2.25. The summed E-state index contributed by atoms with van der Waals surface area (Å²) in [5.41, 5.74) is 3.94. The normalized spacial score (nSPS) is 10.9. The van der Waals surface area contributed by atoms with Gasteiger partial charge in [-0.2, -0.15) is 0 Å². The molecule has 7 heteroatoms. The fraction of sp³-hybridized carbons (Fsp3) is 0.0286. The van der Waals surface area contributed by atoms with Gasteiger partial charge < -0.3 is 14.4 Å². The van der Waals surface area contributed by atoms with Crippen molar-refractivity contribution in [2.75, 3.05) is 4.90 Å². The Hall–Kier alpha value is -5.33. The van der Waals surface area contributed by atoms with Gasteiger partial charge in [0.15, 0.2) is 0 Å². The Labute approximate surface area is 247 Å². The summed E-state index contributed by atoms with van der Waals surface area (Å²) in [6, 6.07) is 38.7. The van der Waals surface area contributed by atoms with Crippen molar-refractivity contribution in [3.8, 4) is 11.4 Å². The van der Waals surface area contributed by atoms with Crippen LogP contribution in [0.3, 0.4) is 0 Å². The number of hydrogen-bond acceptors (Lipinski definition) is 3. The summed E-state index contributed by atoms with van der Waals surface area (Å²) >= 11 is 6.28. The van der Waals surface area contributed by atoms with Crippen molar-refractivity contribution in [2.45, 2.75) is 6.61 Å². The van der Waals surface area contributed by atoms with Gasteiger partial charge in [0.1, 0.15) is 12.4 Å². The zero-order chi connectivity index (χ0) is 29.1. The minimum atomic E-state index is -1.09. The third kappa shape index (κ3) is 5.36.